The van der Waals surface area contributed by atoms with Crippen LogP contribution in [-0.2, 0) is 7.05 Å². The molecule has 0 radical (unpaired) electrons. The molecule has 2 heterocycles. The Balaban J connectivity index is 0.000000605. The van der Waals surface area contributed by atoms with Crippen molar-refractivity contribution >= 4 is 11.2 Å². The lowest BCUT2D eigenvalue weighted by Gasteiger charge is -1.86. The standard InChI is InChI=1S/C7H7N3.HI/c1-10-4-2-3-6-7(10)9-5-8-6;/h2-5H,1H3;1H. The number of H-pyrrole nitrogens is 1. The quantitative estimate of drug-likeness (QED) is 0.409. The molecule has 0 aliphatic heterocycles. The minimum atomic E-state index is 0. The topological polar surface area (TPSA) is 32.6 Å². The second kappa shape index (κ2) is 3.17. The molecule has 3 nitrogen and oxygen atoms in total. The molecule has 0 saturated heterocycles. The van der Waals surface area contributed by atoms with E-state index in [1.54, 1.807) is 6.33 Å². The minimum Gasteiger partial charge on any atom is -1.00 e. The van der Waals surface area contributed by atoms with Crippen LogP contribution in [0.3, 0.4) is 0 Å². The van der Waals surface area contributed by atoms with E-state index >= 15 is 0 Å². The average Bonchev–Trinajstić information content (AvgIpc) is 2.36. The smallest absolute Gasteiger partial charge is 0.348 e. The zero-order valence-corrected chi connectivity index (χ0v) is 8.24. The molecule has 0 aromatic carbocycles. The molecule has 4 heteroatoms. The Bertz CT molecular complexity index is 355. The summed E-state index contributed by atoms with van der Waals surface area (Å²) in [7, 11) is 1.98. The second-order valence-corrected chi connectivity index (χ2v) is 2.26. The number of rotatable bonds is 0. The zero-order valence-electron chi connectivity index (χ0n) is 6.08. The first-order valence-corrected chi connectivity index (χ1v) is 3.15. The molecular formula is C7H8IN3. The van der Waals surface area contributed by atoms with E-state index in [1.165, 1.54) is 0 Å². The van der Waals surface area contributed by atoms with E-state index in [0.29, 0.717) is 0 Å². The molecule has 2 aromatic heterocycles. The van der Waals surface area contributed by atoms with Crippen LogP contribution in [0.1, 0.15) is 0 Å². The van der Waals surface area contributed by atoms with Crippen LogP contribution in [0, 0.1) is 0 Å². The maximum Gasteiger partial charge on any atom is 0.348 e. The fourth-order valence-corrected chi connectivity index (χ4v) is 1.04. The monoisotopic (exact) mass is 261 g/mol. The lowest BCUT2D eigenvalue weighted by atomic mass is 10.4. The molecule has 0 saturated carbocycles. The number of halogens is 1. The lowest BCUT2D eigenvalue weighted by Crippen LogP contribution is -3.00. The maximum absolute atomic E-state index is 4.13. The first kappa shape index (κ1) is 8.45. The first-order valence-electron chi connectivity index (χ1n) is 3.15. The summed E-state index contributed by atoms with van der Waals surface area (Å²) in [4.78, 5) is 7.15. The highest BCUT2D eigenvalue weighted by Gasteiger charge is 2.04. The van der Waals surface area contributed by atoms with E-state index in [2.05, 4.69) is 9.97 Å². The summed E-state index contributed by atoms with van der Waals surface area (Å²) < 4.78 is 1.98. The predicted octanol–water partition coefficient (Wildman–Crippen LogP) is -2.61. The fraction of sp³-hybridized carbons (Fsp3) is 0.143. The van der Waals surface area contributed by atoms with Crippen molar-refractivity contribution in [2.75, 3.05) is 0 Å². The van der Waals surface area contributed by atoms with Crippen molar-refractivity contribution in [1.82, 2.24) is 9.97 Å². The van der Waals surface area contributed by atoms with Crippen LogP contribution in [0.4, 0.5) is 0 Å². The van der Waals surface area contributed by atoms with Crippen LogP contribution in [0.25, 0.3) is 11.2 Å². The largest absolute Gasteiger partial charge is 1.00 e. The summed E-state index contributed by atoms with van der Waals surface area (Å²) in [5, 5.41) is 0. The van der Waals surface area contributed by atoms with Gasteiger partial charge in [-0.05, 0) is 17.1 Å². The Labute approximate surface area is 81.5 Å². The molecule has 58 valence electrons. The van der Waals surface area contributed by atoms with Crippen molar-refractivity contribution in [1.29, 1.82) is 0 Å². The van der Waals surface area contributed by atoms with Gasteiger partial charge in [-0.15, -0.1) is 0 Å². The van der Waals surface area contributed by atoms with Crippen LogP contribution < -0.4 is 28.5 Å². The second-order valence-electron chi connectivity index (χ2n) is 2.26. The van der Waals surface area contributed by atoms with Gasteiger partial charge >= 0.3 is 5.65 Å². The predicted molar refractivity (Wildman–Crippen MR) is 37.3 cm³/mol. The number of aromatic amines is 1. The van der Waals surface area contributed by atoms with Gasteiger partial charge in [-0.3, -0.25) is 0 Å². The Hall–Kier alpha value is -0.650. The highest BCUT2D eigenvalue weighted by Crippen LogP contribution is 1.99. The van der Waals surface area contributed by atoms with Crippen molar-refractivity contribution in [3.05, 3.63) is 24.7 Å². The molecule has 0 amide bonds. The number of fused-ring (bicyclic) bond motifs is 1. The fourth-order valence-electron chi connectivity index (χ4n) is 1.04. The van der Waals surface area contributed by atoms with Gasteiger partial charge in [0.05, 0.1) is 13.2 Å². The number of nitrogens with zero attached hydrogens (tertiary/aromatic N) is 2. The molecule has 2 aromatic rings. The Kier molecular flexibility index (Phi) is 2.43. The van der Waals surface area contributed by atoms with Crippen molar-refractivity contribution < 1.29 is 28.5 Å². The van der Waals surface area contributed by atoms with Gasteiger partial charge in [0.25, 0.3) is 0 Å². The summed E-state index contributed by atoms with van der Waals surface area (Å²) in [6.07, 6.45) is 3.67. The molecule has 2 rings (SSSR count). The Morgan fingerprint density at radius 3 is 3.09 bits per heavy atom. The molecule has 0 unspecified atom stereocenters. The molecule has 0 bridgehead atoms. The van der Waals surface area contributed by atoms with Gasteiger partial charge in [-0.1, -0.05) is 0 Å². The average molecular weight is 261 g/mol. The van der Waals surface area contributed by atoms with E-state index in [9.17, 15) is 0 Å². The molecule has 0 atom stereocenters. The van der Waals surface area contributed by atoms with Gasteiger partial charge in [-0.2, -0.15) is 0 Å². The van der Waals surface area contributed by atoms with Gasteiger partial charge in [0.2, 0.25) is 6.33 Å². The molecule has 1 N–H and O–H groups in total. The van der Waals surface area contributed by atoms with Crippen LogP contribution in [-0.4, -0.2) is 9.97 Å². The van der Waals surface area contributed by atoms with Crippen molar-refractivity contribution in [2.45, 2.75) is 0 Å². The maximum atomic E-state index is 4.13. The van der Waals surface area contributed by atoms with Gasteiger partial charge in [-0.25, -0.2) is 4.57 Å². The number of hydrogen-bond donors (Lipinski definition) is 1. The normalized spacial score (nSPS) is 9.55. The number of imidazole rings is 1. The van der Waals surface area contributed by atoms with Crippen LogP contribution in [0.5, 0.6) is 0 Å². The lowest BCUT2D eigenvalue weighted by molar-refractivity contribution is -0.646. The van der Waals surface area contributed by atoms with E-state index < -0.39 is 0 Å². The highest BCUT2D eigenvalue weighted by atomic mass is 127. The number of pyridine rings is 1. The van der Waals surface area contributed by atoms with Gasteiger partial charge in [0.15, 0.2) is 0 Å². The number of nitrogens with one attached hydrogen (secondary N) is 1. The van der Waals surface area contributed by atoms with E-state index in [-0.39, 0.29) is 24.0 Å². The molecular weight excluding hydrogens is 253 g/mol. The van der Waals surface area contributed by atoms with Crippen LogP contribution >= 0.6 is 0 Å². The number of aryl methyl sites for hydroxylation is 1. The number of hydrogen-bond acceptors (Lipinski definition) is 1. The first-order chi connectivity index (χ1) is 4.88. The summed E-state index contributed by atoms with van der Waals surface area (Å²) in [5.74, 6) is 0. The van der Waals surface area contributed by atoms with Crippen molar-refractivity contribution in [3.63, 3.8) is 0 Å². The van der Waals surface area contributed by atoms with Crippen LogP contribution in [0.15, 0.2) is 24.7 Å². The van der Waals surface area contributed by atoms with E-state index in [4.69, 9.17) is 0 Å². The summed E-state index contributed by atoms with van der Waals surface area (Å²) >= 11 is 0. The SMILES string of the molecule is C[n+]1cccc2[nH]cnc21.[I-]. The van der Waals surface area contributed by atoms with Crippen molar-refractivity contribution in [2.24, 2.45) is 7.05 Å². The van der Waals surface area contributed by atoms with Gasteiger partial charge < -0.3 is 29.0 Å². The summed E-state index contributed by atoms with van der Waals surface area (Å²) in [6, 6.07) is 3.99. The minimum absolute atomic E-state index is 0. The number of aromatic nitrogens is 3. The van der Waals surface area contributed by atoms with Gasteiger partial charge in [0.1, 0.15) is 5.52 Å². The molecule has 0 aliphatic carbocycles. The molecule has 0 aliphatic rings. The third-order valence-corrected chi connectivity index (χ3v) is 1.55. The van der Waals surface area contributed by atoms with Crippen LogP contribution in [0.2, 0.25) is 0 Å². The third-order valence-electron chi connectivity index (χ3n) is 1.55. The van der Waals surface area contributed by atoms with Crippen molar-refractivity contribution in [3.8, 4) is 0 Å². The summed E-state index contributed by atoms with van der Waals surface area (Å²) in [5.41, 5.74) is 2.06. The molecule has 0 spiro atoms. The molecule has 0 fully saturated rings. The molecule has 11 heavy (non-hydrogen) atoms. The summed E-state index contributed by atoms with van der Waals surface area (Å²) in [6.45, 7) is 0. The highest BCUT2D eigenvalue weighted by molar-refractivity contribution is 5.65. The van der Waals surface area contributed by atoms with Gasteiger partial charge in [0, 0.05) is 0 Å². The van der Waals surface area contributed by atoms with E-state index in [1.807, 2.05) is 29.9 Å². The Morgan fingerprint density at radius 2 is 2.36 bits per heavy atom. The zero-order chi connectivity index (χ0) is 6.97. The van der Waals surface area contributed by atoms with E-state index in [0.717, 1.165) is 11.2 Å². The Morgan fingerprint density at radius 1 is 1.55 bits per heavy atom. The third kappa shape index (κ3) is 1.35.